The van der Waals surface area contributed by atoms with E-state index in [9.17, 15) is 0 Å². The molecule has 0 unspecified atom stereocenters. The molecule has 0 bridgehead atoms. The van der Waals surface area contributed by atoms with Gasteiger partial charge in [-0.2, -0.15) is 0 Å². The number of hydrogen-bond acceptors (Lipinski definition) is 7. The minimum atomic E-state index is 0.886. The number of thiazole rings is 1. The van der Waals surface area contributed by atoms with E-state index in [4.69, 9.17) is 0 Å². The van der Waals surface area contributed by atoms with Crippen LogP contribution >= 0.6 is 42.8 Å². The average Bonchev–Trinajstić information content (AvgIpc) is 2.95. The monoisotopic (exact) mass is 337 g/mol. The molecule has 3 rings (SSSR count). The predicted octanol–water partition coefficient (Wildman–Crippen LogP) is 4.82. The van der Waals surface area contributed by atoms with Crippen LogP contribution in [0.5, 0.6) is 0 Å². The second-order valence-corrected chi connectivity index (χ2v) is 9.06. The highest BCUT2D eigenvalue weighted by Gasteiger charge is 2.01. The lowest BCUT2D eigenvalue weighted by molar-refractivity contribution is 1.10. The van der Waals surface area contributed by atoms with Gasteiger partial charge in [0.15, 0.2) is 0 Å². The van der Waals surface area contributed by atoms with Crippen LogP contribution in [0.3, 0.4) is 0 Å². The third-order valence-electron chi connectivity index (χ3n) is 2.54. The number of aromatic nitrogens is 3. The van der Waals surface area contributed by atoms with Crippen molar-refractivity contribution >= 4 is 53.0 Å². The van der Waals surface area contributed by atoms with Crippen molar-refractivity contribution in [2.45, 2.75) is 11.5 Å². The van der Waals surface area contributed by atoms with Crippen LogP contribution in [0.25, 0.3) is 10.2 Å². The Kier molecular flexibility index (Phi) is 5.18. The maximum atomic E-state index is 4.35. The Labute approximate surface area is 132 Å². The lowest BCUT2D eigenvalue weighted by atomic mass is 10.2. The molecule has 0 fully saturated rings. The Morgan fingerprint density at radius 2 is 2.00 bits per heavy atom. The summed E-state index contributed by atoms with van der Waals surface area (Å²) in [6, 6.07) is 6.51. The third kappa shape index (κ3) is 3.88. The molecule has 0 saturated heterocycles. The Balaban J connectivity index is 1.43. The van der Waals surface area contributed by atoms with E-state index in [0.29, 0.717) is 0 Å². The summed E-state index contributed by atoms with van der Waals surface area (Å²) >= 11 is 1.69. The van der Waals surface area contributed by atoms with Gasteiger partial charge in [-0.3, -0.25) is 9.97 Å². The van der Waals surface area contributed by atoms with Crippen LogP contribution in [-0.4, -0.2) is 15.0 Å². The standard InChI is InChI=1S/C13H11N3S4/c1-2-13-12(16-9-17-13)5-10(1)7-18-20-19-8-11-6-14-3-4-15-11/h1-6,9H,7-8H2. The van der Waals surface area contributed by atoms with Gasteiger partial charge in [-0.25, -0.2) is 4.98 Å². The quantitative estimate of drug-likeness (QED) is 0.474. The van der Waals surface area contributed by atoms with E-state index in [1.807, 2.05) is 22.5 Å². The summed E-state index contributed by atoms with van der Waals surface area (Å²) in [7, 11) is 5.44. The van der Waals surface area contributed by atoms with Crippen LogP contribution in [0.15, 0.2) is 42.3 Å². The fourth-order valence-electron chi connectivity index (χ4n) is 1.61. The molecule has 0 aliphatic heterocycles. The molecule has 0 atom stereocenters. The van der Waals surface area contributed by atoms with Crippen LogP contribution in [0.1, 0.15) is 11.3 Å². The zero-order chi connectivity index (χ0) is 13.6. The minimum Gasteiger partial charge on any atom is -0.261 e. The summed E-state index contributed by atoms with van der Waals surface area (Å²) in [6.07, 6.45) is 5.25. The van der Waals surface area contributed by atoms with Gasteiger partial charge in [-0.05, 0) is 27.5 Å². The first-order valence-corrected chi connectivity index (χ1v) is 10.6. The van der Waals surface area contributed by atoms with Gasteiger partial charge in [0, 0.05) is 30.1 Å². The van der Waals surface area contributed by atoms with Crippen molar-refractivity contribution in [3.05, 3.63) is 53.6 Å². The van der Waals surface area contributed by atoms with Gasteiger partial charge in [0.1, 0.15) is 0 Å². The van der Waals surface area contributed by atoms with Crippen molar-refractivity contribution in [3.63, 3.8) is 0 Å². The lowest BCUT2D eigenvalue weighted by Gasteiger charge is -2.01. The minimum absolute atomic E-state index is 0.886. The number of fused-ring (bicyclic) bond motifs is 1. The van der Waals surface area contributed by atoms with E-state index in [1.165, 1.54) is 10.3 Å². The molecular formula is C13H11N3S4. The van der Waals surface area contributed by atoms with Crippen LogP contribution in [0.2, 0.25) is 0 Å². The number of nitrogens with zero attached hydrogens (tertiary/aromatic N) is 3. The molecule has 7 heteroatoms. The van der Waals surface area contributed by atoms with Gasteiger partial charge in [-0.1, -0.05) is 27.7 Å². The summed E-state index contributed by atoms with van der Waals surface area (Å²) < 4.78 is 1.25. The second-order valence-electron chi connectivity index (χ2n) is 3.94. The van der Waals surface area contributed by atoms with Gasteiger partial charge in [0.05, 0.1) is 21.4 Å². The molecular weight excluding hydrogens is 326 g/mol. The maximum Gasteiger partial charge on any atom is 0.0815 e. The Morgan fingerprint density at radius 3 is 2.90 bits per heavy atom. The van der Waals surface area contributed by atoms with Crippen LogP contribution in [0, 0.1) is 0 Å². The summed E-state index contributed by atoms with van der Waals surface area (Å²) in [5, 5.41) is 0. The summed E-state index contributed by atoms with van der Waals surface area (Å²) in [5.41, 5.74) is 5.34. The highest BCUT2D eigenvalue weighted by atomic mass is 33.5. The molecule has 0 N–H and O–H groups in total. The van der Waals surface area contributed by atoms with Crippen molar-refractivity contribution in [2.24, 2.45) is 0 Å². The largest absolute Gasteiger partial charge is 0.261 e. The molecule has 3 aromatic rings. The molecule has 0 aliphatic carbocycles. The molecule has 0 aliphatic rings. The first-order chi connectivity index (χ1) is 9.92. The molecule has 2 heterocycles. The van der Waals surface area contributed by atoms with Gasteiger partial charge in [-0.15, -0.1) is 11.3 Å². The SMILES string of the molecule is c1cnc(CSSSCc2ccc3scnc3c2)cn1. The van der Waals surface area contributed by atoms with Crippen molar-refractivity contribution in [2.75, 3.05) is 0 Å². The number of hydrogen-bond donors (Lipinski definition) is 0. The zero-order valence-corrected chi connectivity index (χ0v) is 13.7. The zero-order valence-electron chi connectivity index (χ0n) is 10.4. The van der Waals surface area contributed by atoms with E-state index < -0.39 is 0 Å². The summed E-state index contributed by atoms with van der Waals surface area (Å²) in [6.45, 7) is 0. The molecule has 2 aromatic heterocycles. The normalized spacial score (nSPS) is 11.0. The van der Waals surface area contributed by atoms with Gasteiger partial charge in [0.25, 0.3) is 0 Å². The van der Waals surface area contributed by atoms with Crippen molar-refractivity contribution in [1.82, 2.24) is 15.0 Å². The first-order valence-electron chi connectivity index (χ1n) is 5.90. The average molecular weight is 338 g/mol. The van der Waals surface area contributed by atoms with Crippen molar-refractivity contribution in [1.29, 1.82) is 0 Å². The predicted molar refractivity (Wildman–Crippen MR) is 91.8 cm³/mol. The van der Waals surface area contributed by atoms with Crippen molar-refractivity contribution < 1.29 is 0 Å². The number of rotatable bonds is 6. The van der Waals surface area contributed by atoms with E-state index in [0.717, 1.165) is 22.7 Å². The Morgan fingerprint density at radius 1 is 1.05 bits per heavy atom. The summed E-state index contributed by atoms with van der Waals surface area (Å²) in [5.74, 6) is 1.88. The highest BCUT2D eigenvalue weighted by molar-refractivity contribution is 9.09. The van der Waals surface area contributed by atoms with E-state index >= 15 is 0 Å². The Bertz CT molecular complexity index is 671. The molecule has 1 aromatic carbocycles. The van der Waals surface area contributed by atoms with Crippen LogP contribution < -0.4 is 0 Å². The van der Waals surface area contributed by atoms with E-state index in [-0.39, 0.29) is 0 Å². The third-order valence-corrected chi connectivity index (χ3v) is 7.42. The highest BCUT2D eigenvalue weighted by Crippen LogP contribution is 2.38. The molecule has 20 heavy (non-hydrogen) atoms. The fraction of sp³-hybridized carbons (Fsp3) is 0.154. The molecule has 102 valence electrons. The second kappa shape index (κ2) is 7.31. The molecule has 0 radical (unpaired) electrons. The smallest absolute Gasteiger partial charge is 0.0815 e. The van der Waals surface area contributed by atoms with Gasteiger partial charge < -0.3 is 0 Å². The van der Waals surface area contributed by atoms with E-state index in [2.05, 4.69) is 33.2 Å². The van der Waals surface area contributed by atoms with Gasteiger partial charge >= 0.3 is 0 Å². The first kappa shape index (κ1) is 14.2. The fourth-order valence-corrected chi connectivity index (χ4v) is 5.76. The molecule has 0 saturated carbocycles. The topological polar surface area (TPSA) is 38.7 Å². The van der Waals surface area contributed by atoms with Crippen LogP contribution in [0.4, 0.5) is 0 Å². The molecule has 0 spiro atoms. The van der Waals surface area contributed by atoms with E-state index in [1.54, 1.807) is 44.4 Å². The molecule has 0 amide bonds. The summed E-state index contributed by atoms with van der Waals surface area (Å²) in [4.78, 5) is 12.7. The number of benzene rings is 1. The lowest BCUT2D eigenvalue weighted by Crippen LogP contribution is -1.84. The maximum absolute atomic E-state index is 4.35. The molecule has 3 nitrogen and oxygen atoms in total. The Hall–Kier alpha value is -0.760. The van der Waals surface area contributed by atoms with Crippen LogP contribution in [-0.2, 0) is 11.5 Å². The van der Waals surface area contributed by atoms with Gasteiger partial charge in [0.2, 0.25) is 0 Å². The van der Waals surface area contributed by atoms with Crippen molar-refractivity contribution in [3.8, 4) is 0 Å².